The van der Waals surface area contributed by atoms with Gasteiger partial charge in [0.2, 0.25) is 0 Å². The van der Waals surface area contributed by atoms with Crippen LogP contribution in [0.1, 0.15) is 112 Å². The number of nitrogens with zero attached hydrogens (tertiary/aromatic N) is 10. The number of hydrogen-bond acceptors (Lipinski definition) is 18. The van der Waals surface area contributed by atoms with Gasteiger partial charge in [-0.2, -0.15) is 34.6 Å². The highest BCUT2D eigenvalue weighted by atomic mass is 35.5. The Morgan fingerprint density at radius 1 is 0.635 bits per heavy atom. The SMILES string of the molecule is CC(C)(C)OC(=O)N[C@@H](CN)C(=O)O.[C-]#[N+]NC(=NC[C@H](N)C(=O)OC)N1CCCC1.[C-]#[N+]NC(=NC[C@H](NC(=O)OC(C)(C)C)C(=O)OC)N1CCCC1.[C-]#[N+]NC(=NC[C@H](NC(=O)c1c(Cl)cc2c(c1Cl)CCN(C(=O)c1ccc3ccoc3c1)C2)C(=O)O)N1CCCC1. The molecule has 0 aliphatic carbocycles. The van der Waals surface area contributed by atoms with Crippen LogP contribution in [0, 0.1) is 19.7 Å². The number of methoxy groups -OCH3 is 2. The molecule has 96 heavy (non-hydrogen) atoms. The second-order valence-corrected chi connectivity index (χ2v) is 24.4. The molecule has 0 spiro atoms. The Kier molecular flexibility index (Phi) is 31.5. The Bertz CT molecular complexity index is 3420. The minimum absolute atomic E-state index is 0.0376. The second-order valence-electron chi connectivity index (χ2n) is 23.6. The van der Waals surface area contributed by atoms with Gasteiger partial charge in [-0.3, -0.25) is 14.4 Å². The van der Waals surface area contributed by atoms with E-state index in [2.05, 4.69) is 71.5 Å². The quantitative estimate of drug-likeness (QED) is 0.0240. The van der Waals surface area contributed by atoms with Gasteiger partial charge in [-0.1, -0.05) is 45.5 Å². The average molecular weight is 1380 g/mol. The lowest BCUT2D eigenvalue weighted by molar-refractivity contribution is -0.143. The molecule has 7 rings (SSSR count). The summed E-state index contributed by atoms with van der Waals surface area (Å²) in [5, 5.41) is 26.4. The van der Waals surface area contributed by atoms with Crippen molar-refractivity contribution in [2.24, 2.45) is 26.4 Å². The fourth-order valence-corrected chi connectivity index (χ4v) is 10.2. The van der Waals surface area contributed by atoms with Crippen LogP contribution in [0.15, 0.2) is 56.0 Å². The fourth-order valence-electron chi connectivity index (χ4n) is 9.48. The van der Waals surface area contributed by atoms with Crippen LogP contribution in [-0.2, 0) is 51.1 Å². The van der Waals surface area contributed by atoms with Crippen molar-refractivity contribution in [3.8, 4) is 0 Å². The number of aliphatic imine (C=N–C) groups is 3. The first-order valence-electron chi connectivity index (χ1n) is 30.4. The molecule has 0 radical (unpaired) electrons. The lowest BCUT2D eigenvalue weighted by Gasteiger charge is -2.30. The molecule has 33 nitrogen and oxygen atoms in total. The number of alkyl carbamates (subject to hydrolysis) is 2. The zero-order valence-corrected chi connectivity index (χ0v) is 56.3. The maximum atomic E-state index is 13.2. The Morgan fingerprint density at radius 3 is 1.53 bits per heavy atom. The van der Waals surface area contributed by atoms with Crippen LogP contribution < -0.4 is 43.7 Å². The molecule has 0 unspecified atom stereocenters. The fraction of sp³-hybridized carbons (Fsp3) is 0.541. The molecule has 4 aliphatic rings. The monoisotopic (exact) mass is 1380 g/mol. The third kappa shape index (κ3) is 25.4. The summed E-state index contributed by atoms with van der Waals surface area (Å²) in [4.78, 5) is 124. The van der Waals surface area contributed by atoms with Gasteiger partial charge < -0.3 is 80.6 Å². The molecule has 522 valence electrons. The van der Waals surface area contributed by atoms with Gasteiger partial charge in [0, 0.05) is 69.9 Å². The zero-order valence-electron chi connectivity index (χ0n) is 54.8. The summed E-state index contributed by atoms with van der Waals surface area (Å²) in [7, 11) is 2.51. The normalized spacial score (nSPS) is 15.8. The van der Waals surface area contributed by atoms with Crippen molar-refractivity contribution in [2.75, 3.05) is 86.2 Å². The standard InChI is InChI=1S/C28H26Cl2N6O5.C15H25N5O4.C10H17N5O2.C8H16N2O4/c1-31-34-28(35-8-2-3-9-35)32-14-21(27(39)40)33-25(37)23-20(29)12-18-15-36(10-6-19(18)24(23)30)26(38)17-5-4-16-7-11-41-22(16)13-17;1-15(2,3)24-14(22)18-11(12(21)23-5)10-17-13(19-16-4)20-8-6-7-9-20;1-12-14-10(15-5-3-4-6-15)13-7-8(11)9(16)17-2;1-8(2,3)14-7(13)10-5(4-9)6(11)12/h4-5,7,11-13,21H,2-3,6,8-10,14-15H2,(H,32,34)(H,33,37)(H,39,40);11H,6-10H2,1-3,5H3,(H,17,19)(H,18,22);8H,3-7,11H2,2H3,(H,13,14);5H,4,9H2,1-3H3,(H,10,13)(H,11,12)/t21-;11-;8-;5-/m0000/s1. The first-order chi connectivity index (χ1) is 45.5. The van der Waals surface area contributed by atoms with E-state index in [-0.39, 0.29) is 60.2 Å². The highest BCUT2D eigenvalue weighted by Crippen LogP contribution is 2.35. The van der Waals surface area contributed by atoms with Gasteiger partial charge in [-0.25, -0.2) is 38.9 Å². The average Bonchev–Trinajstić information content (AvgIpc) is 1.27. The van der Waals surface area contributed by atoms with Crippen LogP contribution in [-0.4, -0.2) is 217 Å². The van der Waals surface area contributed by atoms with E-state index in [1.54, 1.807) is 70.9 Å². The van der Waals surface area contributed by atoms with Crippen LogP contribution in [0.25, 0.3) is 25.8 Å². The first-order valence-corrected chi connectivity index (χ1v) is 31.1. The lowest BCUT2D eigenvalue weighted by Crippen LogP contribution is -2.47. The van der Waals surface area contributed by atoms with E-state index in [0.29, 0.717) is 60.2 Å². The Morgan fingerprint density at radius 2 is 1.09 bits per heavy atom. The summed E-state index contributed by atoms with van der Waals surface area (Å²) in [5.41, 5.74) is 19.3. The maximum absolute atomic E-state index is 13.2. The van der Waals surface area contributed by atoms with Gasteiger partial charge >= 0.3 is 36.1 Å². The van der Waals surface area contributed by atoms with E-state index in [1.165, 1.54) is 14.2 Å². The molecule has 1 aromatic heterocycles. The van der Waals surface area contributed by atoms with Crippen LogP contribution >= 0.6 is 23.2 Å². The summed E-state index contributed by atoms with van der Waals surface area (Å²) in [5.74, 6) is -3.39. The summed E-state index contributed by atoms with van der Waals surface area (Å²) in [6.07, 6.45) is 6.55. The molecule has 3 aromatic rings. The molecule has 4 aliphatic heterocycles. The second kappa shape index (κ2) is 38.5. The molecule has 0 saturated carbocycles. The van der Waals surface area contributed by atoms with Crippen molar-refractivity contribution < 1.29 is 71.9 Å². The Hall–Kier alpha value is -9.88. The van der Waals surface area contributed by atoms with Gasteiger partial charge in [0.1, 0.15) is 41.0 Å². The number of fused-ring (bicyclic) bond motifs is 2. The zero-order chi connectivity index (χ0) is 71.3. The van der Waals surface area contributed by atoms with E-state index in [0.717, 1.165) is 70.1 Å². The maximum Gasteiger partial charge on any atom is 0.408 e. The number of hydrogen-bond donors (Lipinski definition) is 10. The van der Waals surface area contributed by atoms with Gasteiger partial charge in [0.05, 0.1) is 55.7 Å². The molecular weight excluding hydrogens is 1300 g/mol. The Labute approximate surface area is 565 Å². The minimum atomic E-state index is -1.38. The van der Waals surface area contributed by atoms with Crippen LogP contribution in [0.5, 0.6) is 0 Å². The third-order valence-electron chi connectivity index (χ3n) is 14.1. The smallest absolute Gasteiger partial charge is 0.408 e. The van der Waals surface area contributed by atoms with Crippen molar-refractivity contribution in [1.29, 1.82) is 0 Å². The molecule has 4 amide bonds. The highest BCUT2D eigenvalue weighted by molar-refractivity contribution is 6.40. The molecule has 3 fully saturated rings. The number of esters is 2. The van der Waals surface area contributed by atoms with Gasteiger partial charge in [-0.05, 0) is 122 Å². The molecule has 12 N–H and O–H groups in total. The van der Waals surface area contributed by atoms with Gasteiger partial charge in [-0.15, -0.1) is 0 Å². The minimum Gasteiger partial charge on any atom is -0.480 e. The van der Waals surface area contributed by atoms with Gasteiger partial charge in [0.15, 0.2) is 0 Å². The molecule has 35 heteroatoms. The number of ether oxygens (including phenoxy) is 4. The van der Waals surface area contributed by atoms with Crippen molar-refractivity contribution in [3.05, 3.63) is 103 Å². The number of rotatable bonds is 16. The molecule has 5 heterocycles. The summed E-state index contributed by atoms with van der Waals surface area (Å²) in [6.45, 7) is 36.0. The number of halogens is 2. The molecule has 4 atom stereocenters. The number of likely N-dealkylation sites (tertiary alicyclic amines) is 3. The van der Waals surface area contributed by atoms with Gasteiger partial charge in [0.25, 0.3) is 29.7 Å². The van der Waals surface area contributed by atoms with Crippen LogP contribution in [0.2, 0.25) is 10.0 Å². The van der Waals surface area contributed by atoms with E-state index < -0.39 is 77.3 Å². The molecule has 3 saturated heterocycles. The first kappa shape index (κ1) is 78.6. The number of carbonyl (C=O) groups is 8. The predicted octanol–water partition coefficient (Wildman–Crippen LogP) is 4.21. The van der Waals surface area contributed by atoms with Crippen molar-refractivity contribution in [2.45, 2.75) is 128 Å². The number of nitrogens with two attached hydrogens (primary N) is 2. The topological polar surface area (TPSA) is 414 Å². The number of carboxylic acid groups (broad SMARTS) is 2. The van der Waals surface area contributed by atoms with Crippen molar-refractivity contribution >= 4 is 99.9 Å². The number of benzene rings is 2. The highest BCUT2D eigenvalue weighted by Gasteiger charge is 2.32. The van der Waals surface area contributed by atoms with Crippen molar-refractivity contribution in [1.82, 2.24) is 51.8 Å². The molecule has 2 aromatic carbocycles. The number of carbonyl (C=O) groups excluding carboxylic acids is 6. The van der Waals surface area contributed by atoms with E-state index in [9.17, 15) is 43.5 Å². The largest absolute Gasteiger partial charge is 0.480 e. The van der Waals surface area contributed by atoms with Crippen molar-refractivity contribution in [3.63, 3.8) is 0 Å². The van der Waals surface area contributed by atoms with E-state index in [1.807, 2.05) is 26.8 Å². The molecule has 0 bridgehead atoms. The number of amides is 4. The van der Waals surface area contributed by atoms with Crippen LogP contribution in [0.3, 0.4) is 0 Å². The van der Waals surface area contributed by atoms with E-state index in [4.69, 9.17) is 73.4 Å². The van der Waals surface area contributed by atoms with Crippen LogP contribution in [0.4, 0.5) is 9.59 Å². The summed E-state index contributed by atoms with van der Waals surface area (Å²) < 4.78 is 24.6. The number of aliphatic carboxylic acids is 2. The lowest BCUT2D eigenvalue weighted by atomic mass is 9.96. The third-order valence-corrected chi connectivity index (χ3v) is 14.8. The number of carboxylic acids is 2. The summed E-state index contributed by atoms with van der Waals surface area (Å²) >= 11 is 13.1. The number of furan rings is 1. The number of guanidine groups is 3. The number of nitrogens with one attached hydrogen (secondary N) is 6. The summed E-state index contributed by atoms with van der Waals surface area (Å²) in [6, 6.07) is 4.43. The predicted molar refractivity (Wildman–Crippen MR) is 354 cm³/mol. The van der Waals surface area contributed by atoms with E-state index >= 15 is 0 Å². The Balaban J connectivity index is 0.000000302. The molecular formula is C61H84Cl2N18O15.